The molecule has 150 valence electrons. The summed E-state index contributed by atoms with van der Waals surface area (Å²) in [5, 5.41) is 23.2. The van der Waals surface area contributed by atoms with Gasteiger partial charge in [0.1, 0.15) is 5.54 Å². The Labute approximate surface area is 174 Å². The molecule has 0 bridgehead atoms. The van der Waals surface area contributed by atoms with Crippen LogP contribution >= 0.6 is 11.8 Å². The maximum absolute atomic E-state index is 12.3. The second-order valence-corrected chi connectivity index (χ2v) is 8.33. The van der Waals surface area contributed by atoms with Crippen molar-refractivity contribution in [2.45, 2.75) is 37.9 Å². The van der Waals surface area contributed by atoms with E-state index >= 15 is 0 Å². The van der Waals surface area contributed by atoms with Gasteiger partial charge in [-0.05, 0) is 29.2 Å². The molecule has 3 rings (SSSR count). The maximum Gasteiger partial charge on any atom is 0.231 e. The lowest BCUT2D eigenvalue weighted by Gasteiger charge is -2.27. The largest absolute Gasteiger partial charge is 0.337 e. The summed E-state index contributed by atoms with van der Waals surface area (Å²) in [6, 6.07) is 16.4. The highest BCUT2D eigenvalue weighted by Gasteiger charge is 2.30. The van der Waals surface area contributed by atoms with Gasteiger partial charge >= 0.3 is 0 Å². The van der Waals surface area contributed by atoms with Crippen LogP contribution in [-0.4, -0.2) is 32.1 Å². The first-order valence-corrected chi connectivity index (χ1v) is 10.3. The van der Waals surface area contributed by atoms with Crippen molar-refractivity contribution in [3.8, 4) is 6.07 Å². The van der Waals surface area contributed by atoms with E-state index in [2.05, 4.69) is 39.8 Å². The van der Waals surface area contributed by atoms with Crippen LogP contribution in [-0.2, 0) is 11.2 Å². The SMILES string of the molecule is CC(C)C(C)(C#N)NC(=O)CSc1nnc(Cc2cccc3ccccc23)n1N. The van der Waals surface area contributed by atoms with E-state index in [1.54, 1.807) is 6.92 Å². The van der Waals surface area contributed by atoms with Crippen LogP contribution < -0.4 is 11.2 Å². The van der Waals surface area contributed by atoms with Crippen LogP contribution in [0, 0.1) is 17.2 Å². The van der Waals surface area contributed by atoms with Crippen molar-refractivity contribution in [1.82, 2.24) is 20.2 Å². The summed E-state index contributed by atoms with van der Waals surface area (Å²) < 4.78 is 1.42. The zero-order valence-corrected chi connectivity index (χ0v) is 17.5. The fourth-order valence-corrected chi connectivity index (χ4v) is 3.58. The van der Waals surface area contributed by atoms with Gasteiger partial charge in [0.05, 0.1) is 11.8 Å². The van der Waals surface area contributed by atoms with E-state index in [0.29, 0.717) is 17.4 Å². The Kier molecular flexibility index (Phi) is 6.09. The summed E-state index contributed by atoms with van der Waals surface area (Å²) in [5.41, 5.74) is 0.200. The number of nitrogens with one attached hydrogen (secondary N) is 1. The zero-order valence-electron chi connectivity index (χ0n) is 16.7. The Morgan fingerprint density at radius 1 is 1.28 bits per heavy atom. The monoisotopic (exact) mass is 408 g/mol. The van der Waals surface area contributed by atoms with Gasteiger partial charge in [-0.2, -0.15) is 5.26 Å². The van der Waals surface area contributed by atoms with Crippen LogP contribution in [0.1, 0.15) is 32.2 Å². The molecule has 0 aliphatic rings. The van der Waals surface area contributed by atoms with Crippen molar-refractivity contribution in [3.05, 3.63) is 53.9 Å². The second kappa shape index (κ2) is 8.53. The number of nitrogen functional groups attached to an aromatic ring is 1. The molecule has 3 N–H and O–H groups in total. The molecular weight excluding hydrogens is 384 g/mol. The first kappa shape index (κ1) is 20.7. The zero-order chi connectivity index (χ0) is 21.0. The summed E-state index contributed by atoms with van der Waals surface area (Å²) in [6.45, 7) is 5.51. The predicted molar refractivity (Wildman–Crippen MR) is 115 cm³/mol. The lowest BCUT2D eigenvalue weighted by atomic mass is 9.90. The van der Waals surface area contributed by atoms with Gasteiger partial charge in [0, 0.05) is 6.42 Å². The molecule has 0 saturated heterocycles. The number of carbonyl (C=O) groups is 1. The Morgan fingerprint density at radius 3 is 2.72 bits per heavy atom. The standard InChI is InChI=1S/C21H24N6OS/c1-14(2)21(3,13-22)24-19(28)12-29-20-26-25-18(27(20)23)11-16-9-6-8-15-7-4-5-10-17(15)16/h4-10,14H,11-12,23H2,1-3H3,(H,24,28). The van der Waals surface area contributed by atoms with Crippen LogP contribution in [0.25, 0.3) is 10.8 Å². The fraction of sp³-hybridized carbons (Fsp3) is 0.333. The van der Waals surface area contributed by atoms with Gasteiger partial charge in [0.25, 0.3) is 0 Å². The molecule has 0 radical (unpaired) electrons. The molecule has 3 aromatic rings. The highest BCUT2D eigenvalue weighted by Crippen LogP contribution is 2.22. The minimum atomic E-state index is -0.909. The summed E-state index contributed by atoms with van der Waals surface area (Å²) in [5.74, 6) is 6.64. The second-order valence-electron chi connectivity index (χ2n) is 7.39. The summed E-state index contributed by atoms with van der Waals surface area (Å²) in [7, 11) is 0. The maximum atomic E-state index is 12.3. The van der Waals surface area contributed by atoms with Gasteiger partial charge in [-0.15, -0.1) is 10.2 Å². The molecule has 0 aliphatic heterocycles. The number of nitrogens with zero attached hydrogens (tertiary/aromatic N) is 4. The van der Waals surface area contributed by atoms with E-state index in [4.69, 9.17) is 5.84 Å². The van der Waals surface area contributed by atoms with E-state index in [1.165, 1.54) is 16.4 Å². The van der Waals surface area contributed by atoms with Crippen molar-refractivity contribution >= 4 is 28.4 Å². The Morgan fingerprint density at radius 2 is 2.00 bits per heavy atom. The quantitative estimate of drug-likeness (QED) is 0.459. The smallest absolute Gasteiger partial charge is 0.231 e. The lowest BCUT2D eigenvalue weighted by Crippen LogP contribution is -2.49. The highest BCUT2D eigenvalue weighted by molar-refractivity contribution is 7.99. The van der Waals surface area contributed by atoms with Crippen molar-refractivity contribution in [2.24, 2.45) is 5.92 Å². The minimum absolute atomic E-state index is 0.00749. The number of hydrogen-bond acceptors (Lipinski definition) is 6. The molecule has 0 aliphatic carbocycles. The van der Waals surface area contributed by atoms with Crippen molar-refractivity contribution < 1.29 is 4.79 Å². The van der Waals surface area contributed by atoms with E-state index in [1.807, 2.05) is 38.1 Å². The van der Waals surface area contributed by atoms with Crippen molar-refractivity contribution in [1.29, 1.82) is 5.26 Å². The number of fused-ring (bicyclic) bond motifs is 1. The number of thioether (sulfide) groups is 1. The molecule has 7 nitrogen and oxygen atoms in total. The van der Waals surface area contributed by atoms with Crippen LogP contribution in [0.2, 0.25) is 0 Å². The number of amides is 1. The molecule has 1 aromatic heterocycles. The van der Waals surface area contributed by atoms with E-state index in [0.717, 1.165) is 16.3 Å². The topological polar surface area (TPSA) is 110 Å². The van der Waals surface area contributed by atoms with Gasteiger partial charge in [0.2, 0.25) is 11.1 Å². The van der Waals surface area contributed by atoms with Crippen LogP contribution in [0.15, 0.2) is 47.6 Å². The highest BCUT2D eigenvalue weighted by atomic mass is 32.2. The number of benzene rings is 2. The van der Waals surface area contributed by atoms with Crippen LogP contribution in [0.4, 0.5) is 0 Å². The summed E-state index contributed by atoms with van der Waals surface area (Å²) in [6.07, 6.45) is 0.539. The van der Waals surface area contributed by atoms with Gasteiger partial charge in [-0.3, -0.25) is 4.79 Å². The number of rotatable bonds is 7. The molecule has 1 amide bonds. The van der Waals surface area contributed by atoms with E-state index in [-0.39, 0.29) is 17.6 Å². The number of nitrogens with two attached hydrogens (primary N) is 1. The summed E-state index contributed by atoms with van der Waals surface area (Å²) >= 11 is 1.20. The van der Waals surface area contributed by atoms with Gasteiger partial charge < -0.3 is 11.2 Å². The predicted octanol–water partition coefficient (Wildman–Crippen LogP) is 2.88. The molecule has 2 aromatic carbocycles. The molecule has 29 heavy (non-hydrogen) atoms. The molecule has 1 unspecified atom stereocenters. The third-order valence-electron chi connectivity index (χ3n) is 5.08. The number of aromatic nitrogens is 3. The van der Waals surface area contributed by atoms with Crippen LogP contribution in [0.5, 0.6) is 0 Å². The molecule has 1 atom stereocenters. The van der Waals surface area contributed by atoms with E-state index in [9.17, 15) is 10.1 Å². The molecule has 0 fully saturated rings. The average molecular weight is 409 g/mol. The van der Waals surface area contributed by atoms with Crippen molar-refractivity contribution in [2.75, 3.05) is 11.6 Å². The molecular formula is C21H24N6OS. The third-order valence-corrected chi connectivity index (χ3v) is 6.03. The number of carbonyl (C=O) groups excluding carboxylic acids is 1. The minimum Gasteiger partial charge on any atom is -0.337 e. The molecule has 8 heteroatoms. The number of hydrogen-bond donors (Lipinski definition) is 2. The molecule has 0 spiro atoms. The van der Waals surface area contributed by atoms with Crippen LogP contribution in [0.3, 0.4) is 0 Å². The van der Waals surface area contributed by atoms with Gasteiger partial charge in [-0.25, -0.2) is 4.68 Å². The van der Waals surface area contributed by atoms with Crippen molar-refractivity contribution in [3.63, 3.8) is 0 Å². The normalized spacial score (nSPS) is 13.2. The van der Waals surface area contributed by atoms with Gasteiger partial charge in [-0.1, -0.05) is 68.1 Å². The molecule has 1 heterocycles. The van der Waals surface area contributed by atoms with Gasteiger partial charge in [0.15, 0.2) is 5.82 Å². The Balaban J connectivity index is 1.68. The average Bonchev–Trinajstić information content (AvgIpc) is 3.06. The Hall–Kier alpha value is -3.05. The first-order chi connectivity index (χ1) is 13.8. The number of nitriles is 1. The third kappa shape index (κ3) is 4.51. The first-order valence-electron chi connectivity index (χ1n) is 9.35. The fourth-order valence-electron chi connectivity index (χ4n) is 2.90. The van der Waals surface area contributed by atoms with E-state index < -0.39 is 5.54 Å². The lowest BCUT2D eigenvalue weighted by molar-refractivity contribution is -0.120. The summed E-state index contributed by atoms with van der Waals surface area (Å²) in [4.78, 5) is 12.3. The molecule has 0 saturated carbocycles. The Bertz CT molecular complexity index is 1070.